The molecule has 2 aliphatic rings. The number of aromatic nitrogens is 1. The molecule has 4 unspecified atom stereocenters. The average Bonchev–Trinajstić information content (AvgIpc) is 2.97. The van der Waals surface area contributed by atoms with Gasteiger partial charge in [-0.3, -0.25) is 4.79 Å². The van der Waals surface area contributed by atoms with Crippen LogP contribution in [0.3, 0.4) is 0 Å². The second kappa shape index (κ2) is 7.19. The molecule has 0 radical (unpaired) electrons. The molecule has 6 nitrogen and oxygen atoms in total. The lowest BCUT2D eigenvalue weighted by molar-refractivity contribution is -0.172. The molecule has 4 rings (SSSR count). The summed E-state index contributed by atoms with van der Waals surface area (Å²) in [6.45, 7) is 8.78. The van der Waals surface area contributed by atoms with Gasteiger partial charge in [0.1, 0.15) is 0 Å². The number of hydrogen-bond acceptors (Lipinski definition) is 4. The monoisotopic (exact) mass is 411 g/mol. The first-order valence-electron chi connectivity index (χ1n) is 11.0. The normalized spacial score (nSPS) is 33.6. The number of carbonyl (C=O) groups excluding carboxylic acids is 1. The summed E-state index contributed by atoms with van der Waals surface area (Å²) in [7, 11) is 0. The van der Waals surface area contributed by atoms with E-state index < -0.39 is 5.60 Å². The Morgan fingerprint density at radius 1 is 1.17 bits per heavy atom. The van der Waals surface area contributed by atoms with E-state index in [1.54, 1.807) is 0 Å². The van der Waals surface area contributed by atoms with Gasteiger partial charge in [0.05, 0.1) is 11.1 Å². The Morgan fingerprint density at radius 3 is 2.67 bits per heavy atom. The van der Waals surface area contributed by atoms with Crippen molar-refractivity contribution in [2.45, 2.75) is 71.8 Å². The van der Waals surface area contributed by atoms with Gasteiger partial charge in [0.2, 0.25) is 5.88 Å². The Morgan fingerprint density at radius 2 is 1.90 bits per heavy atom. The summed E-state index contributed by atoms with van der Waals surface area (Å²) >= 11 is 0. The molecule has 4 atom stereocenters. The third-order valence-corrected chi connectivity index (χ3v) is 8.06. The van der Waals surface area contributed by atoms with Crippen LogP contribution in [0.2, 0.25) is 0 Å². The van der Waals surface area contributed by atoms with Crippen molar-refractivity contribution in [3.05, 3.63) is 24.3 Å². The summed E-state index contributed by atoms with van der Waals surface area (Å²) in [6, 6.07) is 7.37. The zero-order valence-electron chi connectivity index (χ0n) is 18.4. The van der Waals surface area contributed by atoms with Crippen LogP contribution in [0.5, 0.6) is 5.88 Å². The SMILES string of the molecule is CC1(C)CCCC2(C)C1CCC(C)(O)C2CC(=O)N=Nc1c(O)[nH]c2ccccc12. The number of carbonyl (C=O) groups is 1. The highest BCUT2D eigenvalue weighted by Gasteiger charge is 2.58. The summed E-state index contributed by atoms with van der Waals surface area (Å²) in [4.78, 5) is 15.7. The quantitative estimate of drug-likeness (QED) is 0.551. The van der Waals surface area contributed by atoms with Crippen LogP contribution < -0.4 is 0 Å². The van der Waals surface area contributed by atoms with Crippen molar-refractivity contribution in [1.29, 1.82) is 0 Å². The zero-order chi connectivity index (χ0) is 21.7. The topological polar surface area (TPSA) is 98.0 Å². The molecule has 2 fully saturated rings. The Hall–Kier alpha value is -2.21. The van der Waals surface area contributed by atoms with Crippen LogP contribution in [0.1, 0.15) is 66.2 Å². The number of rotatable bonds is 3. The van der Waals surface area contributed by atoms with Crippen LogP contribution in [0.15, 0.2) is 34.5 Å². The smallest absolute Gasteiger partial charge is 0.265 e. The van der Waals surface area contributed by atoms with E-state index in [1.165, 1.54) is 6.42 Å². The average molecular weight is 412 g/mol. The lowest BCUT2D eigenvalue weighted by Gasteiger charge is -2.61. The number of aromatic amines is 1. The molecule has 6 heteroatoms. The Labute approximate surface area is 177 Å². The number of fused-ring (bicyclic) bond motifs is 2. The van der Waals surface area contributed by atoms with E-state index in [-0.39, 0.29) is 40.6 Å². The van der Waals surface area contributed by atoms with E-state index in [2.05, 4.69) is 36.0 Å². The maximum Gasteiger partial charge on any atom is 0.265 e. The molecule has 0 spiro atoms. The van der Waals surface area contributed by atoms with Crippen molar-refractivity contribution >= 4 is 22.5 Å². The standard InChI is InChI=1S/C24H33N3O3/c1-22(2)11-7-12-23(3)17(22)10-13-24(4,30)18(23)14-19(28)26-27-20-15-8-5-6-9-16(15)25-21(20)29/h5-6,8-9,17-18,25,29-30H,7,10-14H2,1-4H3. The third kappa shape index (κ3) is 3.45. The predicted octanol–water partition coefficient (Wildman–Crippen LogP) is 5.87. The van der Waals surface area contributed by atoms with Crippen LogP contribution in [0.25, 0.3) is 10.9 Å². The minimum Gasteiger partial charge on any atom is -0.493 e. The number of para-hydroxylation sites is 1. The number of hydrogen-bond donors (Lipinski definition) is 3. The van der Waals surface area contributed by atoms with Gasteiger partial charge in [-0.2, -0.15) is 0 Å². The van der Waals surface area contributed by atoms with Gasteiger partial charge in [-0.05, 0) is 55.4 Å². The number of aliphatic hydroxyl groups is 1. The summed E-state index contributed by atoms with van der Waals surface area (Å²) in [5, 5.41) is 30.1. The molecule has 1 amide bonds. The molecule has 0 bridgehead atoms. The van der Waals surface area contributed by atoms with E-state index >= 15 is 0 Å². The van der Waals surface area contributed by atoms with Gasteiger partial charge in [0.15, 0.2) is 5.69 Å². The van der Waals surface area contributed by atoms with Gasteiger partial charge < -0.3 is 15.2 Å². The highest BCUT2D eigenvalue weighted by atomic mass is 16.3. The fourth-order valence-corrected chi connectivity index (χ4v) is 6.61. The number of benzene rings is 1. The molecule has 1 aromatic carbocycles. The Bertz CT molecular complexity index is 991. The Balaban J connectivity index is 1.59. The molecule has 30 heavy (non-hydrogen) atoms. The fraction of sp³-hybridized carbons (Fsp3) is 0.625. The molecule has 162 valence electrons. The van der Waals surface area contributed by atoms with Crippen LogP contribution in [0.4, 0.5) is 5.69 Å². The van der Waals surface area contributed by atoms with E-state index in [1.807, 2.05) is 31.2 Å². The molecular formula is C24H33N3O3. The number of H-pyrrole nitrogens is 1. The van der Waals surface area contributed by atoms with Crippen LogP contribution in [-0.2, 0) is 4.79 Å². The highest BCUT2D eigenvalue weighted by molar-refractivity contribution is 5.94. The van der Waals surface area contributed by atoms with Crippen molar-refractivity contribution in [2.24, 2.45) is 32.9 Å². The second-order valence-electron chi connectivity index (χ2n) is 10.5. The number of nitrogens with zero attached hydrogens (tertiary/aromatic N) is 2. The van der Waals surface area contributed by atoms with Gasteiger partial charge in [0, 0.05) is 17.7 Å². The minimum atomic E-state index is -0.896. The number of amides is 1. The molecule has 1 aromatic heterocycles. The van der Waals surface area contributed by atoms with E-state index in [4.69, 9.17) is 0 Å². The first-order chi connectivity index (χ1) is 14.0. The van der Waals surface area contributed by atoms with E-state index in [9.17, 15) is 15.0 Å². The maximum atomic E-state index is 12.9. The lowest BCUT2D eigenvalue weighted by atomic mass is 9.45. The van der Waals surface area contributed by atoms with Gasteiger partial charge in [-0.25, -0.2) is 0 Å². The summed E-state index contributed by atoms with van der Waals surface area (Å²) in [5.41, 5.74) is 0.232. The van der Waals surface area contributed by atoms with Crippen molar-refractivity contribution in [1.82, 2.24) is 4.98 Å². The van der Waals surface area contributed by atoms with Crippen molar-refractivity contribution in [3.63, 3.8) is 0 Å². The summed E-state index contributed by atoms with van der Waals surface area (Å²) < 4.78 is 0. The van der Waals surface area contributed by atoms with Gasteiger partial charge >= 0.3 is 0 Å². The molecule has 2 saturated carbocycles. The molecule has 3 N–H and O–H groups in total. The zero-order valence-corrected chi connectivity index (χ0v) is 18.4. The van der Waals surface area contributed by atoms with Gasteiger partial charge in [0.25, 0.3) is 5.91 Å². The lowest BCUT2D eigenvalue weighted by Crippen LogP contribution is -2.57. The molecule has 0 aliphatic heterocycles. The Kier molecular flexibility index (Phi) is 5.04. The number of azo groups is 1. The van der Waals surface area contributed by atoms with E-state index in [0.29, 0.717) is 12.3 Å². The van der Waals surface area contributed by atoms with Crippen LogP contribution in [0, 0.1) is 22.7 Å². The maximum absolute atomic E-state index is 12.9. The summed E-state index contributed by atoms with van der Waals surface area (Å²) in [6.07, 6.45) is 5.19. The van der Waals surface area contributed by atoms with Crippen molar-refractivity contribution in [2.75, 3.05) is 0 Å². The largest absolute Gasteiger partial charge is 0.493 e. The first kappa shape index (κ1) is 21.0. The van der Waals surface area contributed by atoms with Gasteiger partial charge in [-0.1, -0.05) is 45.4 Å². The highest BCUT2D eigenvalue weighted by Crippen LogP contribution is 2.62. The molecule has 2 aromatic rings. The molecule has 2 aliphatic carbocycles. The molecule has 1 heterocycles. The molecular weight excluding hydrogens is 378 g/mol. The van der Waals surface area contributed by atoms with Crippen LogP contribution >= 0.6 is 0 Å². The van der Waals surface area contributed by atoms with Crippen LogP contribution in [-0.4, -0.2) is 26.7 Å². The first-order valence-corrected chi connectivity index (χ1v) is 11.0. The minimum absolute atomic E-state index is 0.0986. The number of aromatic hydroxyl groups is 1. The van der Waals surface area contributed by atoms with Crippen molar-refractivity contribution < 1.29 is 15.0 Å². The third-order valence-electron chi connectivity index (χ3n) is 8.06. The van der Waals surface area contributed by atoms with Crippen molar-refractivity contribution in [3.8, 4) is 5.88 Å². The second-order valence-corrected chi connectivity index (χ2v) is 10.5. The van der Waals surface area contributed by atoms with E-state index in [0.717, 1.165) is 30.2 Å². The summed E-state index contributed by atoms with van der Waals surface area (Å²) in [5.74, 6) is -0.133. The number of nitrogens with one attached hydrogen (secondary N) is 1. The van der Waals surface area contributed by atoms with Gasteiger partial charge in [-0.15, -0.1) is 10.2 Å². The predicted molar refractivity (Wildman–Crippen MR) is 117 cm³/mol. The fourth-order valence-electron chi connectivity index (χ4n) is 6.61. The molecule has 0 saturated heterocycles.